The van der Waals surface area contributed by atoms with E-state index in [0.717, 1.165) is 0 Å². The van der Waals surface area contributed by atoms with Crippen LogP contribution in [0.25, 0.3) is 10.9 Å². The van der Waals surface area contributed by atoms with E-state index < -0.39 is 24.0 Å². The number of hydrogen-bond donors (Lipinski definition) is 0. The van der Waals surface area contributed by atoms with Gasteiger partial charge in [0.25, 0.3) is 5.56 Å². The third-order valence-corrected chi connectivity index (χ3v) is 4.27. The second-order valence-electron chi connectivity index (χ2n) is 5.66. The Labute approximate surface area is 132 Å². The molecule has 0 radical (unpaired) electrons. The van der Waals surface area contributed by atoms with Crippen LogP contribution in [0.4, 0.5) is 0 Å². The third-order valence-electron chi connectivity index (χ3n) is 4.27. The SMILES string of the molecule is C[C@@H](C(=O)N1CCC[C@@H]1C(=O)[O-])n1cnc2ccccc2c1=O. The highest BCUT2D eigenvalue weighted by Gasteiger charge is 2.33. The number of carboxylic acid groups (broad SMARTS) is 1. The first-order valence-corrected chi connectivity index (χ1v) is 7.48. The summed E-state index contributed by atoms with van der Waals surface area (Å²) in [4.78, 5) is 41.7. The van der Waals surface area contributed by atoms with Crippen molar-refractivity contribution in [3.05, 3.63) is 40.9 Å². The van der Waals surface area contributed by atoms with Gasteiger partial charge in [0.15, 0.2) is 0 Å². The number of aromatic nitrogens is 2. The molecule has 7 nitrogen and oxygen atoms in total. The van der Waals surface area contributed by atoms with Crippen LogP contribution in [0.5, 0.6) is 0 Å². The minimum atomic E-state index is -1.26. The number of carboxylic acids is 1. The van der Waals surface area contributed by atoms with Gasteiger partial charge in [-0.15, -0.1) is 0 Å². The van der Waals surface area contributed by atoms with Crippen LogP contribution in [0.15, 0.2) is 35.4 Å². The summed E-state index contributed by atoms with van der Waals surface area (Å²) in [5.74, 6) is -1.66. The number of carbonyl (C=O) groups is 2. The van der Waals surface area contributed by atoms with Crippen molar-refractivity contribution >= 4 is 22.8 Å². The topological polar surface area (TPSA) is 95.3 Å². The Morgan fingerprint density at radius 1 is 1.35 bits per heavy atom. The Morgan fingerprint density at radius 2 is 2.09 bits per heavy atom. The summed E-state index contributed by atoms with van der Waals surface area (Å²) < 4.78 is 1.25. The molecule has 0 unspecified atom stereocenters. The maximum Gasteiger partial charge on any atom is 0.261 e. The second kappa shape index (κ2) is 5.83. The summed E-state index contributed by atoms with van der Waals surface area (Å²) in [7, 11) is 0. The molecular formula is C16H16N3O4-. The molecule has 1 aliphatic rings. The van der Waals surface area contributed by atoms with E-state index in [2.05, 4.69) is 4.98 Å². The third kappa shape index (κ3) is 2.58. The molecule has 0 spiro atoms. The summed E-state index contributed by atoms with van der Waals surface area (Å²) in [6.45, 7) is 1.93. The Balaban J connectivity index is 1.95. The van der Waals surface area contributed by atoms with Crippen LogP contribution in [0.3, 0.4) is 0 Å². The van der Waals surface area contributed by atoms with Crippen molar-refractivity contribution in [2.24, 2.45) is 0 Å². The van der Waals surface area contributed by atoms with Gasteiger partial charge in [-0.1, -0.05) is 12.1 Å². The van der Waals surface area contributed by atoms with Crippen LogP contribution >= 0.6 is 0 Å². The van der Waals surface area contributed by atoms with Gasteiger partial charge in [-0.05, 0) is 31.9 Å². The molecule has 2 aromatic rings. The number of benzene rings is 1. The zero-order valence-corrected chi connectivity index (χ0v) is 12.6. The molecule has 1 saturated heterocycles. The lowest BCUT2D eigenvalue weighted by Gasteiger charge is -2.28. The molecule has 1 amide bonds. The molecule has 3 rings (SSSR count). The number of rotatable bonds is 3. The smallest absolute Gasteiger partial charge is 0.261 e. The number of likely N-dealkylation sites (tertiary alicyclic amines) is 1. The van der Waals surface area contributed by atoms with Crippen LogP contribution in [-0.2, 0) is 9.59 Å². The van der Waals surface area contributed by atoms with Crippen LogP contribution in [-0.4, -0.2) is 38.9 Å². The van der Waals surface area contributed by atoms with E-state index in [9.17, 15) is 19.5 Å². The van der Waals surface area contributed by atoms with E-state index in [1.165, 1.54) is 15.8 Å². The Morgan fingerprint density at radius 3 is 2.83 bits per heavy atom. The summed E-state index contributed by atoms with van der Waals surface area (Å²) in [5, 5.41) is 11.6. The molecule has 7 heteroatoms. The molecule has 0 aliphatic carbocycles. The maximum absolute atomic E-state index is 12.6. The number of fused-ring (bicyclic) bond motifs is 1. The Hall–Kier alpha value is -2.70. The molecule has 0 saturated carbocycles. The standard InChI is InChI=1S/C16H17N3O4/c1-10(14(20)18-8-4-7-13(18)16(22)23)19-9-17-12-6-3-2-5-11(12)15(19)21/h2-3,5-6,9-10,13H,4,7-8H2,1H3,(H,22,23)/p-1/t10-,13+/m0/s1. The summed E-state index contributed by atoms with van der Waals surface area (Å²) in [5.41, 5.74) is 0.239. The van der Waals surface area contributed by atoms with Gasteiger partial charge in [-0.2, -0.15) is 0 Å². The lowest BCUT2D eigenvalue weighted by atomic mass is 10.2. The van der Waals surface area contributed by atoms with Crippen molar-refractivity contribution in [2.75, 3.05) is 6.54 Å². The van der Waals surface area contributed by atoms with Crippen molar-refractivity contribution in [3.63, 3.8) is 0 Å². The van der Waals surface area contributed by atoms with E-state index in [1.807, 2.05) is 0 Å². The van der Waals surface area contributed by atoms with Crippen molar-refractivity contribution in [1.82, 2.24) is 14.5 Å². The van der Waals surface area contributed by atoms with E-state index in [1.54, 1.807) is 31.2 Å². The molecule has 2 heterocycles. The lowest BCUT2D eigenvalue weighted by molar-refractivity contribution is -0.310. The van der Waals surface area contributed by atoms with Crippen LogP contribution in [0.2, 0.25) is 0 Å². The average molecular weight is 314 g/mol. The van der Waals surface area contributed by atoms with Gasteiger partial charge in [0.1, 0.15) is 6.04 Å². The van der Waals surface area contributed by atoms with E-state index in [4.69, 9.17) is 0 Å². The van der Waals surface area contributed by atoms with Gasteiger partial charge in [0.05, 0.1) is 29.2 Å². The maximum atomic E-state index is 12.6. The first-order valence-electron chi connectivity index (χ1n) is 7.48. The van der Waals surface area contributed by atoms with Crippen LogP contribution in [0.1, 0.15) is 25.8 Å². The van der Waals surface area contributed by atoms with Gasteiger partial charge in [-0.25, -0.2) is 4.98 Å². The van der Waals surface area contributed by atoms with Gasteiger partial charge in [0.2, 0.25) is 5.91 Å². The van der Waals surface area contributed by atoms with Gasteiger partial charge in [-0.3, -0.25) is 14.2 Å². The fraction of sp³-hybridized carbons (Fsp3) is 0.375. The van der Waals surface area contributed by atoms with Crippen molar-refractivity contribution in [2.45, 2.75) is 31.8 Å². The van der Waals surface area contributed by atoms with E-state index in [-0.39, 0.29) is 5.56 Å². The quantitative estimate of drug-likeness (QED) is 0.775. The molecule has 1 fully saturated rings. The number of aliphatic carboxylic acids is 1. The Kier molecular flexibility index (Phi) is 3.85. The zero-order valence-electron chi connectivity index (χ0n) is 12.6. The van der Waals surface area contributed by atoms with Crippen LogP contribution in [0, 0.1) is 0 Å². The molecule has 0 bridgehead atoms. The Bertz CT molecular complexity index is 829. The molecule has 120 valence electrons. The fourth-order valence-corrected chi connectivity index (χ4v) is 2.99. The number of para-hydroxylation sites is 1. The first kappa shape index (κ1) is 15.2. The highest BCUT2D eigenvalue weighted by Crippen LogP contribution is 2.21. The predicted octanol–water partition coefficient (Wildman–Crippen LogP) is -0.302. The molecule has 23 heavy (non-hydrogen) atoms. The predicted molar refractivity (Wildman–Crippen MR) is 80.5 cm³/mol. The summed E-state index contributed by atoms with van der Waals surface area (Å²) in [6, 6.07) is 5.14. The monoisotopic (exact) mass is 314 g/mol. The molecule has 1 aromatic heterocycles. The number of amides is 1. The second-order valence-corrected chi connectivity index (χ2v) is 5.66. The number of carbonyl (C=O) groups excluding carboxylic acids is 2. The minimum Gasteiger partial charge on any atom is -0.548 e. The van der Waals surface area contributed by atoms with Crippen molar-refractivity contribution in [3.8, 4) is 0 Å². The fourth-order valence-electron chi connectivity index (χ4n) is 2.99. The molecule has 2 atom stereocenters. The number of hydrogen-bond acceptors (Lipinski definition) is 5. The van der Waals surface area contributed by atoms with Gasteiger partial charge < -0.3 is 14.8 Å². The highest BCUT2D eigenvalue weighted by atomic mass is 16.4. The van der Waals surface area contributed by atoms with Gasteiger partial charge >= 0.3 is 0 Å². The summed E-state index contributed by atoms with van der Waals surface area (Å²) in [6.07, 6.45) is 2.32. The molecule has 1 aromatic carbocycles. The van der Waals surface area contributed by atoms with Crippen molar-refractivity contribution < 1.29 is 14.7 Å². The summed E-state index contributed by atoms with van der Waals surface area (Å²) >= 11 is 0. The lowest BCUT2D eigenvalue weighted by Crippen LogP contribution is -2.49. The van der Waals surface area contributed by atoms with E-state index >= 15 is 0 Å². The highest BCUT2D eigenvalue weighted by molar-refractivity contribution is 5.86. The number of nitrogens with zero attached hydrogens (tertiary/aromatic N) is 3. The minimum absolute atomic E-state index is 0.319. The zero-order chi connectivity index (χ0) is 16.6. The van der Waals surface area contributed by atoms with Gasteiger partial charge in [0, 0.05) is 6.54 Å². The normalized spacial score (nSPS) is 19.0. The van der Waals surface area contributed by atoms with Crippen molar-refractivity contribution in [1.29, 1.82) is 0 Å². The molecule has 1 aliphatic heterocycles. The van der Waals surface area contributed by atoms with E-state index in [0.29, 0.717) is 30.3 Å². The average Bonchev–Trinajstić information content (AvgIpc) is 3.04. The first-order chi connectivity index (χ1) is 11.0. The molecule has 0 N–H and O–H groups in total. The molecular weight excluding hydrogens is 298 g/mol. The van der Waals surface area contributed by atoms with Crippen LogP contribution < -0.4 is 10.7 Å². The largest absolute Gasteiger partial charge is 0.548 e.